The Balaban J connectivity index is 2.39. The SMILES string of the molecule is Nc1ccc2c(c1)C(=O)c1c(O)ccc(N)c1C2=O. The van der Waals surface area contributed by atoms with Crippen LogP contribution < -0.4 is 11.5 Å². The van der Waals surface area contributed by atoms with Gasteiger partial charge in [-0.1, -0.05) is 0 Å². The molecule has 1 aliphatic rings. The van der Waals surface area contributed by atoms with Crippen LogP contribution in [0.3, 0.4) is 0 Å². The molecular formula is C14H10N2O3. The van der Waals surface area contributed by atoms with E-state index in [9.17, 15) is 14.7 Å². The molecule has 1 aliphatic carbocycles. The molecule has 5 N–H and O–H groups in total. The average Bonchev–Trinajstić information content (AvgIpc) is 2.38. The zero-order valence-electron chi connectivity index (χ0n) is 9.81. The van der Waals surface area contributed by atoms with E-state index in [1.165, 1.54) is 24.3 Å². The van der Waals surface area contributed by atoms with Gasteiger partial charge in [-0.3, -0.25) is 9.59 Å². The monoisotopic (exact) mass is 254 g/mol. The summed E-state index contributed by atoms with van der Waals surface area (Å²) in [5.41, 5.74) is 12.4. The maximum absolute atomic E-state index is 12.4. The van der Waals surface area contributed by atoms with Crippen molar-refractivity contribution in [1.29, 1.82) is 0 Å². The number of phenolic OH excluding ortho intramolecular Hbond substituents is 1. The summed E-state index contributed by atoms with van der Waals surface area (Å²) in [6.45, 7) is 0. The molecule has 0 aliphatic heterocycles. The number of carbonyl (C=O) groups excluding carboxylic acids is 2. The second kappa shape index (κ2) is 3.58. The number of anilines is 2. The van der Waals surface area contributed by atoms with Crippen molar-refractivity contribution in [3.8, 4) is 5.75 Å². The minimum Gasteiger partial charge on any atom is -0.507 e. The topological polar surface area (TPSA) is 106 Å². The fraction of sp³-hybridized carbons (Fsp3) is 0. The lowest BCUT2D eigenvalue weighted by Crippen LogP contribution is -2.22. The van der Waals surface area contributed by atoms with E-state index in [2.05, 4.69) is 0 Å². The Kier molecular flexibility index (Phi) is 2.13. The number of rotatable bonds is 0. The van der Waals surface area contributed by atoms with Crippen molar-refractivity contribution in [2.24, 2.45) is 0 Å². The standard InChI is InChI=1S/C14H10N2O3/c15-6-1-2-7-8(5-6)14(19)12-10(17)4-3-9(16)11(12)13(7)18/h1-5,17H,15-16H2. The molecule has 0 fully saturated rings. The van der Waals surface area contributed by atoms with E-state index in [4.69, 9.17) is 11.5 Å². The number of fused-ring (bicyclic) bond motifs is 2. The second-order valence-corrected chi connectivity index (χ2v) is 4.39. The Morgan fingerprint density at radius 1 is 0.842 bits per heavy atom. The molecule has 94 valence electrons. The lowest BCUT2D eigenvalue weighted by atomic mass is 9.82. The van der Waals surface area contributed by atoms with Crippen LogP contribution in [0, 0.1) is 0 Å². The molecule has 0 atom stereocenters. The number of aromatic hydroxyl groups is 1. The molecule has 0 amide bonds. The molecule has 5 nitrogen and oxygen atoms in total. The first-order chi connectivity index (χ1) is 9.00. The number of nitrogens with two attached hydrogens (primary N) is 2. The summed E-state index contributed by atoms with van der Waals surface area (Å²) in [6, 6.07) is 7.19. The Bertz CT molecular complexity index is 751. The maximum atomic E-state index is 12.4. The first-order valence-corrected chi connectivity index (χ1v) is 5.61. The average molecular weight is 254 g/mol. The smallest absolute Gasteiger partial charge is 0.198 e. The van der Waals surface area contributed by atoms with Crippen LogP contribution in [-0.4, -0.2) is 16.7 Å². The van der Waals surface area contributed by atoms with Gasteiger partial charge in [0.25, 0.3) is 0 Å². The Labute approximate surface area is 108 Å². The predicted octanol–water partition coefficient (Wildman–Crippen LogP) is 1.33. The number of hydrogen-bond acceptors (Lipinski definition) is 5. The van der Waals surface area contributed by atoms with Crippen LogP contribution in [-0.2, 0) is 0 Å². The van der Waals surface area contributed by atoms with Gasteiger partial charge in [0.1, 0.15) is 5.75 Å². The molecule has 0 heterocycles. The fourth-order valence-electron chi connectivity index (χ4n) is 2.30. The summed E-state index contributed by atoms with van der Waals surface area (Å²) < 4.78 is 0. The van der Waals surface area contributed by atoms with Crippen LogP contribution in [0.15, 0.2) is 30.3 Å². The van der Waals surface area contributed by atoms with Crippen LogP contribution in [0.4, 0.5) is 11.4 Å². The fourth-order valence-corrected chi connectivity index (χ4v) is 2.30. The van der Waals surface area contributed by atoms with Gasteiger partial charge in [0, 0.05) is 22.5 Å². The summed E-state index contributed by atoms with van der Waals surface area (Å²) in [6.07, 6.45) is 0. The van der Waals surface area contributed by atoms with E-state index in [1.54, 1.807) is 6.07 Å². The molecule has 0 aromatic heterocycles. The normalized spacial score (nSPS) is 13.1. The van der Waals surface area contributed by atoms with Gasteiger partial charge in [0.2, 0.25) is 0 Å². The van der Waals surface area contributed by atoms with E-state index < -0.39 is 5.78 Å². The van der Waals surface area contributed by atoms with Crippen molar-refractivity contribution in [3.63, 3.8) is 0 Å². The molecule has 0 saturated heterocycles. The summed E-state index contributed by atoms with van der Waals surface area (Å²) in [7, 11) is 0. The van der Waals surface area contributed by atoms with Gasteiger partial charge in [0.15, 0.2) is 11.6 Å². The molecule has 0 spiro atoms. The van der Waals surface area contributed by atoms with Gasteiger partial charge in [-0.25, -0.2) is 0 Å². The number of nitrogen functional groups attached to an aromatic ring is 2. The molecule has 0 radical (unpaired) electrons. The van der Waals surface area contributed by atoms with Crippen LogP contribution >= 0.6 is 0 Å². The zero-order valence-corrected chi connectivity index (χ0v) is 9.81. The third kappa shape index (κ3) is 1.41. The number of ketones is 2. The maximum Gasteiger partial charge on any atom is 0.198 e. The minimum absolute atomic E-state index is 0.0527. The molecule has 2 aromatic rings. The molecule has 0 unspecified atom stereocenters. The van der Waals surface area contributed by atoms with Crippen molar-refractivity contribution in [1.82, 2.24) is 0 Å². The third-order valence-electron chi connectivity index (χ3n) is 3.20. The van der Waals surface area contributed by atoms with E-state index in [1.807, 2.05) is 0 Å². The lowest BCUT2D eigenvalue weighted by Gasteiger charge is -2.19. The van der Waals surface area contributed by atoms with Crippen LogP contribution in [0.5, 0.6) is 5.75 Å². The molecule has 0 bridgehead atoms. The van der Waals surface area contributed by atoms with E-state index in [-0.39, 0.29) is 39.5 Å². The lowest BCUT2D eigenvalue weighted by molar-refractivity contribution is 0.0977. The Morgan fingerprint density at radius 3 is 2.26 bits per heavy atom. The van der Waals surface area contributed by atoms with Crippen LogP contribution in [0.25, 0.3) is 0 Å². The van der Waals surface area contributed by atoms with Crippen molar-refractivity contribution >= 4 is 22.9 Å². The number of carbonyl (C=O) groups is 2. The van der Waals surface area contributed by atoms with Gasteiger partial charge in [-0.15, -0.1) is 0 Å². The van der Waals surface area contributed by atoms with Crippen molar-refractivity contribution < 1.29 is 14.7 Å². The van der Waals surface area contributed by atoms with E-state index in [0.29, 0.717) is 5.69 Å². The Hall–Kier alpha value is -2.82. The van der Waals surface area contributed by atoms with Gasteiger partial charge in [0.05, 0.1) is 11.1 Å². The van der Waals surface area contributed by atoms with Crippen molar-refractivity contribution in [2.75, 3.05) is 11.5 Å². The molecule has 5 heteroatoms. The molecule has 19 heavy (non-hydrogen) atoms. The number of phenols is 1. The number of hydrogen-bond donors (Lipinski definition) is 3. The molecule has 3 rings (SSSR count). The highest BCUT2D eigenvalue weighted by Gasteiger charge is 2.33. The van der Waals surface area contributed by atoms with Crippen LogP contribution in [0.1, 0.15) is 31.8 Å². The first kappa shape index (κ1) is 11.3. The summed E-state index contributed by atoms with van der Waals surface area (Å²) in [5, 5.41) is 9.80. The largest absolute Gasteiger partial charge is 0.507 e. The molecule has 0 saturated carbocycles. The third-order valence-corrected chi connectivity index (χ3v) is 3.20. The van der Waals surface area contributed by atoms with Gasteiger partial charge >= 0.3 is 0 Å². The Morgan fingerprint density at radius 2 is 1.53 bits per heavy atom. The second-order valence-electron chi connectivity index (χ2n) is 4.39. The van der Waals surface area contributed by atoms with Gasteiger partial charge in [-0.2, -0.15) is 0 Å². The predicted molar refractivity (Wildman–Crippen MR) is 70.2 cm³/mol. The van der Waals surface area contributed by atoms with Crippen molar-refractivity contribution in [3.05, 3.63) is 52.6 Å². The van der Waals surface area contributed by atoms with Gasteiger partial charge in [-0.05, 0) is 30.3 Å². The highest BCUT2D eigenvalue weighted by molar-refractivity contribution is 6.31. The summed E-state index contributed by atoms with van der Waals surface area (Å²) in [5.74, 6) is -1.07. The van der Waals surface area contributed by atoms with E-state index in [0.717, 1.165) is 0 Å². The first-order valence-electron chi connectivity index (χ1n) is 5.61. The van der Waals surface area contributed by atoms with Gasteiger partial charge < -0.3 is 16.6 Å². The quantitative estimate of drug-likeness (QED) is 0.414. The van der Waals surface area contributed by atoms with E-state index >= 15 is 0 Å². The number of benzene rings is 2. The summed E-state index contributed by atoms with van der Waals surface area (Å²) in [4.78, 5) is 24.7. The molecular weight excluding hydrogens is 244 g/mol. The minimum atomic E-state index is -0.443. The van der Waals surface area contributed by atoms with Crippen molar-refractivity contribution in [2.45, 2.75) is 0 Å². The highest BCUT2D eigenvalue weighted by atomic mass is 16.3. The molecule has 2 aromatic carbocycles. The highest BCUT2D eigenvalue weighted by Crippen LogP contribution is 2.36. The summed E-state index contributed by atoms with van der Waals surface area (Å²) >= 11 is 0. The van der Waals surface area contributed by atoms with Crippen LogP contribution in [0.2, 0.25) is 0 Å². The zero-order chi connectivity index (χ0) is 13.7.